The van der Waals surface area contributed by atoms with Gasteiger partial charge in [0.05, 0.1) is 23.0 Å². The van der Waals surface area contributed by atoms with Gasteiger partial charge in [0.15, 0.2) is 0 Å². The molecule has 5 nitrogen and oxygen atoms in total. The quantitative estimate of drug-likeness (QED) is 0.781. The van der Waals surface area contributed by atoms with E-state index in [-0.39, 0.29) is 12.0 Å². The predicted molar refractivity (Wildman–Crippen MR) is 105 cm³/mol. The molecule has 0 bridgehead atoms. The Hall–Kier alpha value is -2.40. The molecular formula is C20H23ClN2O3. The predicted octanol–water partition coefficient (Wildman–Crippen LogP) is 4.50. The average molecular weight is 375 g/mol. The number of ether oxygens (including phenoxy) is 2. The largest absolute Gasteiger partial charge is 0.492 e. The minimum Gasteiger partial charge on any atom is -0.492 e. The highest BCUT2D eigenvalue weighted by Gasteiger charge is 2.23. The Balaban J connectivity index is 1.76. The van der Waals surface area contributed by atoms with Crippen LogP contribution in [0.2, 0.25) is 5.02 Å². The van der Waals surface area contributed by atoms with Crippen molar-refractivity contribution in [2.24, 2.45) is 0 Å². The van der Waals surface area contributed by atoms with Crippen molar-refractivity contribution < 1.29 is 14.3 Å². The van der Waals surface area contributed by atoms with E-state index < -0.39 is 6.04 Å². The van der Waals surface area contributed by atoms with E-state index >= 15 is 0 Å². The van der Waals surface area contributed by atoms with Gasteiger partial charge >= 0.3 is 0 Å². The summed E-state index contributed by atoms with van der Waals surface area (Å²) in [5.41, 5.74) is 2.45. The fourth-order valence-corrected chi connectivity index (χ4v) is 3.11. The van der Waals surface area contributed by atoms with E-state index in [2.05, 4.69) is 10.6 Å². The second-order valence-electron chi connectivity index (χ2n) is 6.36. The van der Waals surface area contributed by atoms with Crippen molar-refractivity contribution in [1.29, 1.82) is 0 Å². The molecule has 2 aromatic carbocycles. The maximum atomic E-state index is 12.5. The van der Waals surface area contributed by atoms with Crippen LogP contribution in [-0.4, -0.2) is 24.7 Å². The summed E-state index contributed by atoms with van der Waals surface area (Å²) >= 11 is 6.11. The van der Waals surface area contributed by atoms with Gasteiger partial charge < -0.3 is 20.1 Å². The van der Waals surface area contributed by atoms with Crippen molar-refractivity contribution in [3.05, 3.63) is 47.0 Å². The molecule has 0 saturated heterocycles. The molecule has 2 atom stereocenters. The Kier molecular flexibility index (Phi) is 5.57. The van der Waals surface area contributed by atoms with Crippen LogP contribution in [0.25, 0.3) is 0 Å². The Morgan fingerprint density at radius 3 is 2.85 bits per heavy atom. The first kappa shape index (κ1) is 18.4. The van der Waals surface area contributed by atoms with E-state index in [1.807, 2.05) is 38.1 Å². The summed E-state index contributed by atoms with van der Waals surface area (Å²) in [6, 6.07) is 10.6. The number of nitrogens with one attached hydrogen (secondary N) is 2. The van der Waals surface area contributed by atoms with Gasteiger partial charge in [0.2, 0.25) is 5.91 Å². The third-order valence-corrected chi connectivity index (χ3v) is 4.52. The highest BCUT2D eigenvalue weighted by Crippen LogP contribution is 2.38. The van der Waals surface area contributed by atoms with Gasteiger partial charge in [-0.2, -0.15) is 0 Å². The lowest BCUT2D eigenvalue weighted by Gasteiger charge is -2.19. The molecule has 3 rings (SSSR count). The molecule has 138 valence electrons. The van der Waals surface area contributed by atoms with Gasteiger partial charge in [-0.3, -0.25) is 4.79 Å². The molecule has 0 fully saturated rings. The molecule has 0 aromatic heterocycles. The molecule has 0 spiro atoms. The van der Waals surface area contributed by atoms with Crippen molar-refractivity contribution in [3.63, 3.8) is 0 Å². The summed E-state index contributed by atoms with van der Waals surface area (Å²) < 4.78 is 11.6. The average Bonchev–Trinajstić information content (AvgIpc) is 2.96. The summed E-state index contributed by atoms with van der Waals surface area (Å²) in [5, 5.41) is 6.56. The Labute approximate surface area is 158 Å². The van der Waals surface area contributed by atoms with Crippen molar-refractivity contribution in [3.8, 4) is 11.5 Å². The van der Waals surface area contributed by atoms with Crippen molar-refractivity contribution in [2.75, 3.05) is 17.2 Å². The maximum absolute atomic E-state index is 12.5. The van der Waals surface area contributed by atoms with Crippen molar-refractivity contribution in [1.82, 2.24) is 0 Å². The normalized spacial score (nSPS) is 16.4. The summed E-state index contributed by atoms with van der Waals surface area (Å²) in [4.78, 5) is 12.5. The smallest absolute Gasteiger partial charge is 0.246 e. The topological polar surface area (TPSA) is 59.6 Å². The summed E-state index contributed by atoms with van der Waals surface area (Å²) in [6.45, 7) is 6.31. The number of carbonyl (C=O) groups excluding carboxylic acids is 1. The molecule has 0 aliphatic carbocycles. The van der Waals surface area contributed by atoms with Crippen LogP contribution in [0, 0.1) is 0 Å². The van der Waals surface area contributed by atoms with E-state index in [1.165, 1.54) is 0 Å². The molecule has 1 aliphatic rings. The van der Waals surface area contributed by atoms with Gasteiger partial charge in [-0.25, -0.2) is 0 Å². The van der Waals surface area contributed by atoms with Crippen LogP contribution in [0.4, 0.5) is 11.4 Å². The molecular weight excluding hydrogens is 352 g/mol. The first-order chi connectivity index (χ1) is 12.5. The third kappa shape index (κ3) is 4.05. The number of rotatable bonds is 6. The number of carbonyl (C=O) groups is 1. The maximum Gasteiger partial charge on any atom is 0.246 e. The van der Waals surface area contributed by atoms with Crippen LogP contribution < -0.4 is 20.1 Å². The van der Waals surface area contributed by atoms with E-state index in [1.54, 1.807) is 19.1 Å². The standard InChI is InChI=1S/C20H23ClN2O3/c1-4-25-19-10-14-9-12(2)26-18(14)11-17(19)22-13(3)20(24)23-16-8-6-5-7-15(16)21/h5-8,10-13,22H,4,9H2,1-3H3,(H,23,24)/t12-,13+/m1/s1. The minimum atomic E-state index is -0.484. The fraction of sp³-hybridized carbons (Fsp3) is 0.350. The van der Waals surface area contributed by atoms with E-state index in [4.69, 9.17) is 21.1 Å². The van der Waals surface area contributed by atoms with Crippen LogP contribution in [0.15, 0.2) is 36.4 Å². The van der Waals surface area contributed by atoms with Gasteiger partial charge in [0.1, 0.15) is 23.6 Å². The molecule has 0 unspecified atom stereocenters. The van der Waals surface area contributed by atoms with Gasteiger partial charge in [-0.15, -0.1) is 0 Å². The van der Waals surface area contributed by atoms with Crippen LogP contribution in [0.3, 0.4) is 0 Å². The van der Waals surface area contributed by atoms with Crippen molar-refractivity contribution >= 4 is 28.9 Å². The summed E-state index contributed by atoms with van der Waals surface area (Å²) in [6.07, 6.45) is 1.01. The lowest BCUT2D eigenvalue weighted by molar-refractivity contribution is -0.116. The second kappa shape index (κ2) is 7.87. The third-order valence-electron chi connectivity index (χ3n) is 4.20. The molecule has 1 heterocycles. The molecule has 1 amide bonds. The number of hydrogen-bond acceptors (Lipinski definition) is 4. The number of anilines is 2. The first-order valence-electron chi connectivity index (χ1n) is 8.76. The Morgan fingerprint density at radius 2 is 2.12 bits per heavy atom. The first-order valence-corrected chi connectivity index (χ1v) is 9.14. The Morgan fingerprint density at radius 1 is 1.35 bits per heavy atom. The number of para-hydroxylation sites is 1. The number of halogens is 1. The van der Waals surface area contributed by atoms with Gasteiger partial charge in [-0.1, -0.05) is 23.7 Å². The van der Waals surface area contributed by atoms with Crippen LogP contribution in [-0.2, 0) is 11.2 Å². The number of hydrogen-bond donors (Lipinski definition) is 2. The molecule has 0 saturated carbocycles. The lowest BCUT2D eigenvalue weighted by atomic mass is 10.1. The van der Waals surface area contributed by atoms with Gasteiger partial charge in [0.25, 0.3) is 0 Å². The molecule has 0 radical (unpaired) electrons. The lowest BCUT2D eigenvalue weighted by Crippen LogP contribution is -2.32. The van der Waals surface area contributed by atoms with E-state index in [0.717, 1.165) is 29.2 Å². The minimum absolute atomic E-state index is 0.149. The zero-order chi connectivity index (χ0) is 18.7. The zero-order valence-corrected chi connectivity index (χ0v) is 15.9. The SMILES string of the molecule is CCOc1cc2c(cc1N[C@@H](C)C(=O)Nc1ccccc1Cl)O[C@H](C)C2. The number of amides is 1. The van der Waals surface area contributed by atoms with E-state index in [0.29, 0.717) is 17.3 Å². The Bertz CT molecular complexity index is 810. The fourth-order valence-electron chi connectivity index (χ4n) is 2.93. The zero-order valence-electron chi connectivity index (χ0n) is 15.1. The summed E-state index contributed by atoms with van der Waals surface area (Å²) in [5.74, 6) is 1.37. The van der Waals surface area contributed by atoms with Gasteiger partial charge in [-0.05, 0) is 39.0 Å². The second-order valence-corrected chi connectivity index (χ2v) is 6.76. The molecule has 2 aromatic rings. The summed E-state index contributed by atoms with van der Waals surface area (Å²) in [7, 11) is 0. The number of benzene rings is 2. The highest BCUT2D eigenvalue weighted by atomic mass is 35.5. The molecule has 6 heteroatoms. The number of fused-ring (bicyclic) bond motifs is 1. The van der Waals surface area contributed by atoms with Crippen LogP contribution in [0.1, 0.15) is 26.3 Å². The van der Waals surface area contributed by atoms with Crippen molar-refractivity contribution in [2.45, 2.75) is 39.3 Å². The highest BCUT2D eigenvalue weighted by molar-refractivity contribution is 6.33. The van der Waals surface area contributed by atoms with Crippen LogP contribution >= 0.6 is 11.6 Å². The van der Waals surface area contributed by atoms with Crippen LogP contribution in [0.5, 0.6) is 11.5 Å². The molecule has 26 heavy (non-hydrogen) atoms. The monoisotopic (exact) mass is 374 g/mol. The molecule has 2 N–H and O–H groups in total. The van der Waals surface area contributed by atoms with Gasteiger partial charge in [0, 0.05) is 18.1 Å². The van der Waals surface area contributed by atoms with E-state index in [9.17, 15) is 4.79 Å². The molecule has 1 aliphatic heterocycles.